The highest BCUT2D eigenvalue weighted by Gasteiger charge is 2.49. The molecule has 29 heavy (non-hydrogen) atoms. The van der Waals surface area contributed by atoms with Crippen LogP contribution in [0.4, 0.5) is 0 Å². The Morgan fingerprint density at radius 1 is 1.21 bits per heavy atom. The van der Waals surface area contributed by atoms with E-state index in [0.29, 0.717) is 29.9 Å². The summed E-state index contributed by atoms with van der Waals surface area (Å²) in [6.07, 6.45) is 10.6. The number of amides is 2. The number of hydrogen-bond donors (Lipinski definition) is 0. The number of rotatable bonds is 5. The van der Waals surface area contributed by atoms with Crippen LogP contribution in [0, 0.1) is 11.8 Å². The number of pyridine rings is 1. The van der Waals surface area contributed by atoms with E-state index in [2.05, 4.69) is 14.8 Å². The van der Waals surface area contributed by atoms with E-state index in [1.54, 1.807) is 17.3 Å². The summed E-state index contributed by atoms with van der Waals surface area (Å²) in [4.78, 5) is 36.2. The minimum absolute atomic E-state index is 0.114. The molecule has 0 bridgehead atoms. The molecule has 0 unspecified atom stereocenters. The molecule has 3 aliphatic rings. The van der Waals surface area contributed by atoms with Crippen molar-refractivity contribution in [2.45, 2.75) is 57.0 Å². The van der Waals surface area contributed by atoms with Crippen molar-refractivity contribution >= 4 is 11.8 Å². The second kappa shape index (κ2) is 8.82. The molecule has 0 aliphatic carbocycles. The van der Waals surface area contributed by atoms with Crippen LogP contribution in [0.25, 0.3) is 0 Å². The summed E-state index contributed by atoms with van der Waals surface area (Å²) in [6.45, 7) is 3.26. The Morgan fingerprint density at radius 2 is 2.00 bits per heavy atom. The zero-order valence-corrected chi connectivity index (χ0v) is 17.8. The van der Waals surface area contributed by atoms with Gasteiger partial charge >= 0.3 is 0 Å². The van der Waals surface area contributed by atoms with Gasteiger partial charge in [0.2, 0.25) is 5.91 Å². The SMILES string of the molecule is CN(C)C(=O)CCC[C@@H]1[C@H]2CCCN3CCC[C@@H](CN1C(=O)c1cccnc1)[C@@H]23. The fourth-order valence-electron chi connectivity index (χ4n) is 5.94. The Kier molecular flexibility index (Phi) is 6.18. The normalized spacial score (nSPS) is 29.2. The van der Waals surface area contributed by atoms with Crippen molar-refractivity contribution in [3.05, 3.63) is 30.1 Å². The molecule has 3 saturated heterocycles. The minimum Gasteiger partial charge on any atom is -0.349 e. The van der Waals surface area contributed by atoms with Crippen molar-refractivity contribution in [1.82, 2.24) is 19.7 Å². The van der Waals surface area contributed by atoms with Crippen LogP contribution >= 0.6 is 0 Å². The van der Waals surface area contributed by atoms with Crippen LogP contribution in [0.5, 0.6) is 0 Å². The van der Waals surface area contributed by atoms with Crippen LogP contribution in [-0.4, -0.2) is 77.3 Å². The first-order chi connectivity index (χ1) is 14.1. The van der Waals surface area contributed by atoms with E-state index in [9.17, 15) is 9.59 Å². The third-order valence-corrected chi connectivity index (χ3v) is 7.23. The topological polar surface area (TPSA) is 56.8 Å². The Bertz CT molecular complexity index is 721. The van der Waals surface area contributed by atoms with Gasteiger partial charge in [-0.05, 0) is 75.6 Å². The lowest BCUT2D eigenvalue weighted by molar-refractivity contribution is -0.129. The van der Waals surface area contributed by atoms with Crippen molar-refractivity contribution in [3.8, 4) is 0 Å². The molecule has 4 atom stereocenters. The lowest BCUT2D eigenvalue weighted by Crippen LogP contribution is -2.65. The summed E-state index contributed by atoms with van der Waals surface area (Å²) in [6, 6.07) is 4.56. The number of piperidine rings is 3. The zero-order chi connectivity index (χ0) is 20.4. The zero-order valence-electron chi connectivity index (χ0n) is 17.8. The molecule has 0 N–H and O–H groups in total. The lowest BCUT2D eigenvalue weighted by Gasteiger charge is -2.57. The molecule has 1 aromatic heterocycles. The van der Waals surface area contributed by atoms with E-state index in [1.807, 2.05) is 26.2 Å². The first kappa shape index (κ1) is 20.3. The average molecular weight is 399 g/mol. The second-order valence-electron chi connectivity index (χ2n) is 9.18. The molecule has 0 saturated carbocycles. The van der Waals surface area contributed by atoms with Gasteiger partial charge in [0.1, 0.15) is 0 Å². The van der Waals surface area contributed by atoms with Gasteiger partial charge in [-0.3, -0.25) is 19.5 Å². The monoisotopic (exact) mass is 398 g/mol. The predicted octanol–water partition coefficient (Wildman–Crippen LogP) is 2.66. The van der Waals surface area contributed by atoms with Crippen molar-refractivity contribution in [2.24, 2.45) is 11.8 Å². The van der Waals surface area contributed by atoms with Crippen LogP contribution in [0.3, 0.4) is 0 Å². The van der Waals surface area contributed by atoms with Gasteiger partial charge in [0.05, 0.1) is 5.56 Å². The Morgan fingerprint density at radius 3 is 2.72 bits per heavy atom. The van der Waals surface area contributed by atoms with Crippen molar-refractivity contribution in [1.29, 1.82) is 0 Å². The van der Waals surface area contributed by atoms with E-state index in [-0.39, 0.29) is 17.9 Å². The molecular formula is C23H34N4O2. The molecular weight excluding hydrogens is 364 g/mol. The van der Waals surface area contributed by atoms with Crippen LogP contribution in [0.1, 0.15) is 55.3 Å². The maximum Gasteiger partial charge on any atom is 0.255 e. The molecule has 0 spiro atoms. The van der Waals surface area contributed by atoms with Gasteiger partial charge in [0.15, 0.2) is 0 Å². The van der Waals surface area contributed by atoms with E-state index in [1.165, 1.54) is 38.8 Å². The highest BCUT2D eigenvalue weighted by atomic mass is 16.2. The van der Waals surface area contributed by atoms with E-state index in [0.717, 1.165) is 19.4 Å². The van der Waals surface area contributed by atoms with Crippen molar-refractivity contribution in [3.63, 3.8) is 0 Å². The number of likely N-dealkylation sites (tertiary alicyclic amines) is 1. The number of nitrogens with zero attached hydrogens (tertiary/aromatic N) is 4. The molecule has 6 nitrogen and oxygen atoms in total. The van der Waals surface area contributed by atoms with Crippen LogP contribution in [0.15, 0.2) is 24.5 Å². The molecule has 2 amide bonds. The van der Waals surface area contributed by atoms with Gasteiger partial charge < -0.3 is 9.80 Å². The average Bonchev–Trinajstić information content (AvgIpc) is 2.75. The second-order valence-corrected chi connectivity index (χ2v) is 9.18. The van der Waals surface area contributed by atoms with Gasteiger partial charge in [-0.1, -0.05) is 0 Å². The predicted molar refractivity (Wildman–Crippen MR) is 112 cm³/mol. The van der Waals surface area contributed by atoms with Gasteiger partial charge in [0, 0.05) is 51.5 Å². The molecule has 6 heteroatoms. The Balaban J connectivity index is 1.56. The molecule has 158 valence electrons. The van der Waals surface area contributed by atoms with Gasteiger partial charge in [-0.15, -0.1) is 0 Å². The number of aromatic nitrogens is 1. The van der Waals surface area contributed by atoms with Gasteiger partial charge in [-0.25, -0.2) is 0 Å². The molecule has 3 fully saturated rings. The summed E-state index contributed by atoms with van der Waals surface area (Å²) in [5.74, 6) is 1.39. The van der Waals surface area contributed by atoms with E-state index >= 15 is 0 Å². The Labute approximate surface area is 174 Å². The van der Waals surface area contributed by atoms with Crippen LogP contribution in [0.2, 0.25) is 0 Å². The summed E-state index contributed by atoms with van der Waals surface area (Å²) in [5, 5.41) is 0. The number of carbonyl (C=O) groups is 2. The third-order valence-electron chi connectivity index (χ3n) is 7.23. The van der Waals surface area contributed by atoms with Crippen LogP contribution in [-0.2, 0) is 4.79 Å². The summed E-state index contributed by atoms with van der Waals surface area (Å²) >= 11 is 0. The summed E-state index contributed by atoms with van der Waals surface area (Å²) < 4.78 is 0. The number of carbonyl (C=O) groups excluding carboxylic acids is 2. The quantitative estimate of drug-likeness (QED) is 0.765. The molecule has 0 aromatic carbocycles. The lowest BCUT2D eigenvalue weighted by atomic mass is 9.69. The molecule has 4 rings (SSSR count). The number of hydrogen-bond acceptors (Lipinski definition) is 4. The molecule has 0 radical (unpaired) electrons. The van der Waals surface area contributed by atoms with Gasteiger partial charge in [0.25, 0.3) is 5.91 Å². The largest absolute Gasteiger partial charge is 0.349 e. The van der Waals surface area contributed by atoms with Crippen molar-refractivity contribution in [2.75, 3.05) is 33.7 Å². The van der Waals surface area contributed by atoms with Gasteiger partial charge in [-0.2, -0.15) is 0 Å². The van der Waals surface area contributed by atoms with Crippen molar-refractivity contribution < 1.29 is 9.59 Å². The summed E-state index contributed by atoms with van der Waals surface area (Å²) in [5.41, 5.74) is 0.684. The fourth-order valence-corrected chi connectivity index (χ4v) is 5.94. The standard InChI is InChI=1S/C23H34N4O2/c1-25(2)21(28)11-3-10-20-19-9-6-14-26-13-5-8-18(22(19)26)16-27(20)23(29)17-7-4-12-24-15-17/h4,7,12,15,18-20,22H,3,5-6,8-11,13-14,16H2,1-2H3/t18-,19+,20+,22-/m0/s1. The maximum atomic E-state index is 13.4. The molecule has 1 aromatic rings. The fraction of sp³-hybridized carbons (Fsp3) is 0.696. The van der Waals surface area contributed by atoms with E-state index in [4.69, 9.17) is 0 Å². The molecule has 4 heterocycles. The Hall–Kier alpha value is -1.95. The first-order valence-electron chi connectivity index (χ1n) is 11.2. The highest BCUT2D eigenvalue weighted by Crippen LogP contribution is 2.43. The first-order valence-corrected chi connectivity index (χ1v) is 11.2. The smallest absolute Gasteiger partial charge is 0.255 e. The minimum atomic E-state index is 0.114. The molecule has 3 aliphatic heterocycles. The maximum absolute atomic E-state index is 13.4. The third kappa shape index (κ3) is 4.18. The highest BCUT2D eigenvalue weighted by molar-refractivity contribution is 5.94. The van der Waals surface area contributed by atoms with Crippen LogP contribution < -0.4 is 0 Å². The van der Waals surface area contributed by atoms with E-state index < -0.39 is 0 Å². The summed E-state index contributed by atoms with van der Waals surface area (Å²) in [7, 11) is 3.62.